The van der Waals surface area contributed by atoms with Gasteiger partial charge in [-0.15, -0.1) is 0 Å². The molecule has 1 atom stereocenters. The minimum atomic E-state index is -4.05. The Morgan fingerprint density at radius 3 is 2.26 bits per heavy atom. The normalized spacial score (nSPS) is 12.1. The maximum absolute atomic E-state index is 13.6. The molecule has 0 radical (unpaired) electrons. The Kier molecular flexibility index (Phi) is 8.30. The Balaban J connectivity index is 1.94. The number of hydrogen-bond donors (Lipinski definition) is 1. The monoisotopic (exact) mass is 516 g/mol. The predicted octanol–water partition coefficient (Wildman–Crippen LogP) is 5.05. The summed E-state index contributed by atoms with van der Waals surface area (Å²) in [4.78, 5) is 13.2. The third-order valence-corrected chi connectivity index (χ3v) is 7.79. The molecule has 0 saturated carbocycles. The van der Waals surface area contributed by atoms with E-state index in [2.05, 4.69) is 5.32 Å². The van der Waals surface area contributed by atoms with Gasteiger partial charge in [-0.2, -0.15) is 0 Å². The quantitative estimate of drug-likeness (QED) is 0.430. The summed E-state index contributed by atoms with van der Waals surface area (Å²) < 4.78 is 39.0. The van der Waals surface area contributed by atoms with Crippen molar-refractivity contribution in [1.29, 1.82) is 0 Å². The molecular formula is C26H29ClN2O5S. The number of benzene rings is 3. The second-order valence-corrected chi connectivity index (χ2v) is 10.4. The Bertz CT molecular complexity index is 1310. The number of nitrogens with one attached hydrogen (secondary N) is 1. The maximum atomic E-state index is 13.6. The van der Waals surface area contributed by atoms with Gasteiger partial charge in [0.1, 0.15) is 18.0 Å². The molecule has 9 heteroatoms. The topological polar surface area (TPSA) is 84.9 Å². The molecule has 1 amide bonds. The number of halogens is 1. The fraction of sp³-hybridized carbons (Fsp3) is 0.269. The van der Waals surface area contributed by atoms with E-state index >= 15 is 0 Å². The largest absolute Gasteiger partial charge is 0.497 e. The second-order valence-electron chi connectivity index (χ2n) is 8.13. The summed E-state index contributed by atoms with van der Waals surface area (Å²) >= 11 is 5.95. The molecule has 3 aromatic carbocycles. The first-order chi connectivity index (χ1) is 16.6. The highest BCUT2D eigenvalue weighted by Gasteiger charge is 2.28. The van der Waals surface area contributed by atoms with Gasteiger partial charge in [-0.1, -0.05) is 17.7 Å². The molecule has 3 rings (SSSR count). The van der Waals surface area contributed by atoms with Gasteiger partial charge in [-0.25, -0.2) is 8.42 Å². The highest BCUT2D eigenvalue weighted by molar-refractivity contribution is 7.92. The van der Waals surface area contributed by atoms with Crippen molar-refractivity contribution in [3.63, 3.8) is 0 Å². The van der Waals surface area contributed by atoms with Gasteiger partial charge in [0, 0.05) is 10.6 Å². The Morgan fingerprint density at radius 2 is 1.66 bits per heavy atom. The van der Waals surface area contributed by atoms with Crippen LogP contribution >= 0.6 is 11.6 Å². The van der Waals surface area contributed by atoms with Crippen LogP contribution < -0.4 is 19.1 Å². The number of ether oxygens (including phenoxy) is 2. The number of hydrogen-bond acceptors (Lipinski definition) is 5. The van der Waals surface area contributed by atoms with Gasteiger partial charge in [-0.3, -0.25) is 9.10 Å². The summed E-state index contributed by atoms with van der Waals surface area (Å²) in [5, 5.41) is 3.30. The highest BCUT2D eigenvalue weighted by atomic mass is 35.5. The van der Waals surface area contributed by atoms with Crippen LogP contribution in [-0.4, -0.2) is 35.1 Å². The number of sulfonamides is 1. The molecule has 0 aliphatic heterocycles. The van der Waals surface area contributed by atoms with Gasteiger partial charge < -0.3 is 14.8 Å². The number of carbonyl (C=O) groups excluding carboxylic acids is 1. The lowest BCUT2D eigenvalue weighted by Gasteiger charge is -2.26. The van der Waals surface area contributed by atoms with Crippen molar-refractivity contribution in [2.24, 2.45) is 0 Å². The lowest BCUT2D eigenvalue weighted by atomic mass is 10.1. The van der Waals surface area contributed by atoms with E-state index in [1.807, 2.05) is 19.9 Å². The molecule has 0 spiro atoms. The van der Waals surface area contributed by atoms with E-state index in [-0.39, 0.29) is 4.90 Å². The molecule has 0 heterocycles. The van der Waals surface area contributed by atoms with Crippen molar-refractivity contribution >= 4 is 33.2 Å². The molecule has 35 heavy (non-hydrogen) atoms. The number of anilines is 1. The molecule has 0 aliphatic carbocycles. The fourth-order valence-electron chi connectivity index (χ4n) is 3.60. The van der Waals surface area contributed by atoms with E-state index in [1.54, 1.807) is 51.5 Å². The molecule has 0 aromatic heterocycles. The zero-order chi connectivity index (χ0) is 25.8. The zero-order valence-electron chi connectivity index (χ0n) is 20.3. The molecular weight excluding hydrogens is 488 g/mol. The average molecular weight is 517 g/mol. The third kappa shape index (κ3) is 6.07. The Hall–Kier alpha value is -3.23. The van der Waals surface area contributed by atoms with Gasteiger partial charge in [-0.05, 0) is 86.5 Å². The van der Waals surface area contributed by atoms with Crippen LogP contribution in [0.3, 0.4) is 0 Å². The molecule has 0 saturated heterocycles. The standard InChI is InChI=1S/C26H29ClN2O5S/c1-17-6-9-21(14-18(17)2)29(35(31,32)23-11-7-20(27)8-12-23)16-26(30)28-19(3)24-15-22(33-4)10-13-25(24)34-5/h6-15,19H,16H2,1-5H3,(H,28,30)/t19-/m0/s1. The number of aryl methyl sites for hydroxylation is 2. The number of rotatable bonds is 9. The van der Waals surface area contributed by atoms with Gasteiger partial charge >= 0.3 is 0 Å². The van der Waals surface area contributed by atoms with E-state index in [0.29, 0.717) is 27.8 Å². The zero-order valence-corrected chi connectivity index (χ0v) is 21.9. The van der Waals surface area contributed by atoms with Crippen LogP contribution in [0.4, 0.5) is 5.69 Å². The molecule has 3 aromatic rings. The van der Waals surface area contributed by atoms with E-state index in [0.717, 1.165) is 15.4 Å². The lowest BCUT2D eigenvalue weighted by molar-refractivity contribution is -0.120. The number of nitrogens with zero attached hydrogens (tertiary/aromatic N) is 1. The molecule has 0 fully saturated rings. The van der Waals surface area contributed by atoms with E-state index in [9.17, 15) is 13.2 Å². The molecule has 0 bridgehead atoms. The summed E-state index contributed by atoms with van der Waals surface area (Å²) in [6.45, 7) is 5.21. The van der Waals surface area contributed by atoms with Crippen LogP contribution in [-0.2, 0) is 14.8 Å². The van der Waals surface area contributed by atoms with Crippen LogP contribution in [0.2, 0.25) is 5.02 Å². The summed E-state index contributed by atoms with van der Waals surface area (Å²) in [7, 11) is -0.955. The van der Waals surface area contributed by atoms with E-state index in [4.69, 9.17) is 21.1 Å². The minimum Gasteiger partial charge on any atom is -0.497 e. The first kappa shape index (κ1) is 26.4. The van der Waals surface area contributed by atoms with Crippen LogP contribution in [0.15, 0.2) is 65.6 Å². The smallest absolute Gasteiger partial charge is 0.264 e. The summed E-state index contributed by atoms with van der Waals surface area (Å²) in [6.07, 6.45) is 0. The van der Waals surface area contributed by atoms with Crippen molar-refractivity contribution < 1.29 is 22.7 Å². The van der Waals surface area contributed by atoms with Crippen LogP contribution in [0.25, 0.3) is 0 Å². The predicted molar refractivity (Wildman–Crippen MR) is 138 cm³/mol. The highest BCUT2D eigenvalue weighted by Crippen LogP contribution is 2.30. The first-order valence-corrected chi connectivity index (χ1v) is 12.8. The van der Waals surface area contributed by atoms with Gasteiger partial charge in [0.2, 0.25) is 5.91 Å². The van der Waals surface area contributed by atoms with Crippen molar-refractivity contribution in [3.05, 3.63) is 82.4 Å². The van der Waals surface area contributed by atoms with Gasteiger partial charge in [0.15, 0.2) is 0 Å². The van der Waals surface area contributed by atoms with Crippen LogP contribution in [0, 0.1) is 13.8 Å². The van der Waals surface area contributed by atoms with Gasteiger partial charge in [0.25, 0.3) is 10.0 Å². The van der Waals surface area contributed by atoms with Crippen molar-refractivity contribution in [2.45, 2.75) is 31.7 Å². The summed E-state index contributed by atoms with van der Waals surface area (Å²) in [5.74, 6) is 0.723. The van der Waals surface area contributed by atoms with Gasteiger partial charge in [0.05, 0.1) is 30.8 Å². The van der Waals surface area contributed by atoms with Crippen LogP contribution in [0.5, 0.6) is 11.5 Å². The molecule has 1 N–H and O–H groups in total. The van der Waals surface area contributed by atoms with E-state index < -0.39 is 28.5 Å². The van der Waals surface area contributed by atoms with Crippen LogP contribution in [0.1, 0.15) is 29.7 Å². The van der Waals surface area contributed by atoms with Crippen molar-refractivity contribution in [1.82, 2.24) is 5.32 Å². The van der Waals surface area contributed by atoms with Crippen molar-refractivity contribution in [3.8, 4) is 11.5 Å². The Labute approximate surface area is 211 Å². The SMILES string of the molecule is COc1ccc(OC)c([C@H](C)NC(=O)CN(c2ccc(C)c(C)c2)S(=O)(=O)c2ccc(Cl)cc2)c1. The third-order valence-electron chi connectivity index (χ3n) is 5.75. The Morgan fingerprint density at radius 1 is 0.971 bits per heavy atom. The number of amides is 1. The lowest BCUT2D eigenvalue weighted by Crippen LogP contribution is -2.41. The molecule has 7 nitrogen and oxygen atoms in total. The summed E-state index contributed by atoms with van der Waals surface area (Å²) in [6, 6.07) is 16.0. The molecule has 0 aliphatic rings. The minimum absolute atomic E-state index is 0.0374. The fourth-order valence-corrected chi connectivity index (χ4v) is 5.14. The van der Waals surface area contributed by atoms with E-state index in [1.165, 1.54) is 24.3 Å². The number of methoxy groups -OCH3 is 2. The van der Waals surface area contributed by atoms with Crippen molar-refractivity contribution in [2.75, 3.05) is 25.1 Å². The first-order valence-electron chi connectivity index (χ1n) is 10.9. The molecule has 0 unspecified atom stereocenters. The summed E-state index contributed by atoms with van der Waals surface area (Å²) in [5.41, 5.74) is 3.03. The maximum Gasteiger partial charge on any atom is 0.264 e. The average Bonchev–Trinajstić information content (AvgIpc) is 2.84. The molecule has 186 valence electrons. The second kappa shape index (κ2) is 11.0. The number of carbonyl (C=O) groups is 1.